The van der Waals surface area contributed by atoms with Gasteiger partial charge in [-0.05, 0) is 90.1 Å². The highest BCUT2D eigenvalue weighted by molar-refractivity contribution is 5.38. The van der Waals surface area contributed by atoms with Gasteiger partial charge in [-0.3, -0.25) is 4.90 Å². The number of piperidine rings is 1. The van der Waals surface area contributed by atoms with E-state index in [0.29, 0.717) is 12.1 Å². The Kier molecular flexibility index (Phi) is 3.67. The highest BCUT2D eigenvalue weighted by Gasteiger charge is 2.65. The van der Waals surface area contributed by atoms with Crippen molar-refractivity contribution < 1.29 is 5.11 Å². The molecule has 0 aromatic carbocycles. The SMILES string of the molecule is CN[C@H]1CC[C@@]2(O)[C@H]3CC4=C(CCCC4)[C@@]2(CCN3CC2CC2)C1. The smallest absolute Gasteiger partial charge is 0.0899 e. The number of hydrogen-bond acceptors (Lipinski definition) is 3. The monoisotopic (exact) mass is 330 g/mol. The van der Waals surface area contributed by atoms with Crippen LogP contribution in [0.4, 0.5) is 0 Å². The lowest BCUT2D eigenvalue weighted by Crippen LogP contribution is -2.72. The van der Waals surface area contributed by atoms with Crippen molar-refractivity contribution in [2.24, 2.45) is 11.3 Å². The molecule has 4 aliphatic carbocycles. The van der Waals surface area contributed by atoms with Gasteiger partial charge in [-0.1, -0.05) is 11.1 Å². The van der Waals surface area contributed by atoms with Gasteiger partial charge in [0.1, 0.15) is 0 Å². The number of nitrogens with one attached hydrogen (secondary N) is 1. The molecule has 0 unspecified atom stereocenters. The standard InChI is InChI=1S/C21H34N2O/c1-22-17-8-9-21(24)19-12-16-4-2-3-5-18(16)20(21,13-17)10-11-23(19)14-15-6-7-15/h15,17,19,22,24H,2-14H2,1H3/t17-,19+,20+,21+/m0/s1. The van der Waals surface area contributed by atoms with Gasteiger partial charge in [0.05, 0.1) is 5.60 Å². The number of aliphatic hydroxyl groups is 1. The second kappa shape index (κ2) is 5.56. The fraction of sp³-hybridized carbons (Fsp3) is 0.905. The number of nitrogens with zero attached hydrogens (tertiary/aromatic N) is 1. The van der Waals surface area contributed by atoms with E-state index < -0.39 is 5.60 Å². The molecule has 1 heterocycles. The minimum atomic E-state index is -0.455. The summed E-state index contributed by atoms with van der Waals surface area (Å²) in [5, 5.41) is 15.7. The second-order valence-corrected chi connectivity index (χ2v) is 9.43. The Morgan fingerprint density at radius 2 is 2.00 bits per heavy atom. The van der Waals surface area contributed by atoms with E-state index in [0.717, 1.165) is 18.8 Å². The van der Waals surface area contributed by atoms with Gasteiger partial charge in [0.15, 0.2) is 0 Å². The van der Waals surface area contributed by atoms with Crippen molar-refractivity contribution in [1.29, 1.82) is 0 Å². The zero-order chi connectivity index (χ0) is 16.4. The van der Waals surface area contributed by atoms with Crippen molar-refractivity contribution in [3.05, 3.63) is 11.1 Å². The molecule has 2 N–H and O–H groups in total. The Balaban J connectivity index is 1.57. The number of likely N-dealkylation sites (tertiary alicyclic amines) is 1. The van der Waals surface area contributed by atoms with E-state index in [1.165, 1.54) is 70.9 Å². The fourth-order valence-corrected chi connectivity index (χ4v) is 6.86. The first-order valence-corrected chi connectivity index (χ1v) is 10.5. The van der Waals surface area contributed by atoms with Crippen LogP contribution in [0.2, 0.25) is 0 Å². The van der Waals surface area contributed by atoms with Gasteiger partial charge in [0.2, 0.25) is 0 Å². The van der Waals surface area contributed by atoms with E-state index in [1.807, 2.05) is 0 Å². The van der Waals surface area contributed by atoms with Gasteiger partial charge in [0.25, 0.3) is 0 Å². The maximum Gasteiger partial charge on any atom is 0.0899 e. The molecule has 2 saturated carbocycles. The number of rotatable bonds is 3. The van der Waals surface area contributed by atoms with Gasteiger partial charge in [-0.2, -0.15) is 0 Å². The number of hydrogen-bond donors (Lipinski definition) is 2. The average molecular weight is 331 g/mol. The van der Waals surface area contributed by atoms with Gasteiger partial charge in [0, 0.05) is 24.0 Å². The lowest BCUT2D eigenvalue weighted by Gasteiger charge is -2.66. The molecule has 1 saturated heterocycles. The van der Waals surface area contributed by atoms with Crippen LogP contribution in [-0.4, -0.2) is 47.8 Å². The summed E-state index contributed by atoms with van der Waals surface area (Å²) in [4.78, 5) is 2.72. The maximum atomic E-state index is 12.1. The molecule has 3 nitrogen and oxygen atoms in total. The molecule has 0 spiro atoms. The highest BCUT2D eigenvalue weighted by atomic mass is 16.3. The summed E-state index contributed by atoms with van der Waals surface area (Å²) in [6.07, 6.45) is 13.8. The van der Waals surface area contributed by atoms with Crippen LogP contribution < -0.4 is 5.32 Å². The molecule has 3 heteroatoms. The first kappa shape index (κ1) is 15.8. The van der Waals surface area contributed by atoms with Gasteiger partial charge >= 0.3 is 0 Å². The molecule has 0 aromatic heterocycles. The van der Waals surface area contributed by atoms with Crippen molar-refractivity contribution >= 4 is 0 Å². The topological polar surface area (TPSA) is 35.5 Å². The molecule has 0 aromatic rings. The highest BCUT2D eigenvalue weighted by Crippen LogP contribution is 2.63. The zero-order valence-electron chi connectivity index (χ0n) is 15.3. The molecular weight excluding hydrogens is 296 g/mol. The Morgan fingerprint density at radius 3 is 2.79 bits per heavy atom. The van der Waals surface area contributed by atoms with E-state index >= 15 is 0 Å². The van der Waals surface area contributed by atoms with Crippen LogP contribution in [0.25, 0.3) is 0 Å². The van der Waals surface area contributed by atoms with Crippen LogP contribution >= 0.6 is 0 Å². The van der Waals surface area contributed by atoms with Crippen LogP contribution in [0.5, 0.6) is 0 Å². The van der Waals surface area contributed by atoms with Crippen LogP contribution in [0.1, 0.15) is 70.6 Å². The summed E-state index contributed by atoms with van der Waals surface area (Å²) in [6, 6.07) is 0.996. The molecule has 0 radical (unpaired) electrons. The third-order valence-corrected chi connectivity index (χ3v) is 8.31. The zero-order valence-corrected chi connectivity index (χ0v) is 15.3. The molecule has 3 fully saturated rings. The van der Waals surface area contributed by atoms with E-state index in [1.54, 1.807) is 11.1 Å². The van der Waals surface area contributed by atoms with E-state index in [9.17, 15) is 5.11 Å². The maximum absolute atomic E-state index is 12.1. The Morgan fingerprint density at radius 1 is 1.17 bits per heavy atom. The van der Waals surface area contributed by atoms with Crippen molar-refractivity contribution in [2.45, 2.75) is 88.3 Å². The molecule has 0 amide bonds. The second-order valence-electron chi connectivity index (χ2n) is 9.43. The summed E-state index contributed by atoms with van der Waals surface area (Å²) in [5.74, 6) is 0.927. The molecule has 5 rings (SSSR count). The first-order valence-electron chi connectivity index (χ1n) is 10.5. The van der Waals surface area contributed by atoms with Gasteiger partial charge in [-0.15, -0.1) is 0 Å². The van der Waals surface area contributed by atoms with Gasteiger partial charge in [-0.25, -0.2) is 0 Å². The molecule has 24 heavy (non-hydrogen) atoms. The molecule has 2 bridgehead atoms. The van der Waals surface area contributed by atoms with E-state index in [4.69, 9.17) is 0 Å². The molecule has 4 atom stereocenters. The minimum absolute atomic E-state index is 0.0949. The fourth-order valence-electron chi connectivity index (χ4n) is 6.86. The summed E-state index contributed by atoms with van der Waals surface area (Å²) in [5.41, 5.74) is 3.12. The van der Waals surface area contributed by atoms with Crippen molar-refractivity contribution in [3.8, 4) is 0 Å². The summed E-state index contributed by atoms with van der Waals surface area (Å²) in [6.45, 7) is 2.47. The lowest BCUT2D eigenvalue weighted by molar-refractivity contribution is -0.192. The van der Waals surface area contributed by atoms with Crippen LogP contribution in [-0.2, 0) is 0 Å². The normalized spacial score (nSPS) is 45.8. The molecule has 1 aliphatic heterocycles. The first-order chi connectivity index (χ1) is 11.7. The van der Waals surface area contributed by atoms with Crippen LogP contribution in [0.3, 0.4) is 0 Å². The van der Waals surface area contributed by atoms with E-state index in [-0.39, 0.29) is 5.41 Å². The minimum Gasteiger partial charge on any atom is -0.387 e. The van der Waals surface area contributed by atoms with Gasteiger partial charge < -0.3 is 10.4 Å². The quantitative estimate of drug-likeness (QED) is 0.780. The van der Waals surface area contributed by atoms with Crippen molar-refractivity contribution in [1.82, 2.24) is 10.2 Å². The Hall–Kier alpha value is -0.380. The van der Waals surface area contributed by atoms with Crippen molar-refractivity contribution in [2.75, 3.05) is 20.1 Å². The van der Waals surface area contributed by atoms with Crippen LogP contribution in [0.15, 0.2) is 11.1 Å². The third-order valence-electron chi connectivity index (χ3n) is 8.31. The molecule has 5 aliphatic rings. The summed E-state index contributed by atoms with van der Waals surface area (Å²) >= 11 is 0. The summed E-state index contributed by atoms with van der Waals surface area (Å²) < 4.78 is 0. The van der Waals surface area contributed by atoms with Crippen molar-refractivity contribution in [3.63, 3.8) is 0 Å². The Labute approximate surface area is 146 Å². The Bertz CT molecular complexity index is 554. The molecule has 134 valence electrons. The largest absolute Gasteiger partial charge is 0.387 e. The van der Waals surface area contributed by atoms with E-state index in [2.05, 4.69) is 17.3 Å². The predicted molar refractivity (Wildman–Crippen MR) is 96.9 cm³/mol. The lowest BCUT2D eigenvalue weighted by atomic mass is 9.47. The average Bonchev–Trinajstić information content (AvgIpc) is 3.41. The third kappa shape index (κ3) is 2.13. The summed E-state index contributed by atoms with van der Waals surface area (Å²) in [7, 11) is 2.12. The van der Waals surface area contributed by atoms with Crippen LogP contribution in [0, 0.1) is 11.3 Å². The predicted octanol–water partition coefficient (Wildman–Crippen LogP) is 3.23. The molecular formula is C21H34N2O.